The molecule has 7 heteroatoms. The normalized spacial score (nSPS) is 12.5. The van der Waals surface area contributed by atoms with E-state index in [0.29, 0.717) is 29.5 Å². The van der Waals surface area contributed by atoms with Gasteiger partial charge in [0.2, 0.25) is 0 Å². The van der Waals surface area contributed by atoms with Gasteiger partial charge in [-0.2, -0.15) is 0 Å². The number of carbonyl (C=O) groups excluding carboxylic acids is 1. The maximum Gasteiger partial charge on any atom is 0.273 e. The highest BCUT2D eigenvalue weighted by Gasteiger charge is 2.22. The molecule has 0 saturated heterocycles. The summed E-state index contributed by atoms with van der Waals surface area (Å²) >= 11 is 6.15. The smallest absolute Gasteiger partial charge is 0.273 e. The van der Waals surface area contributed by atoms with Crippen LogP contribution in [0.1, 0.15) is 27.8 Å². The van der Waals surface area contributed by atoms with Crippen molar-refractivity contribution >= 4 is 23.2 Å². The molecule has 0 saturated carbocycles. The molecule has 6 nitrogen and oxygen atoms in total. The first-order valence-electron chi connectivity index (χ1n) is 8.66. The Morgan fingerprint density at radius 3 is 2.56 bits per heavy atom. The van der Waals surface area contributed by atoms with Gasteiger partial charge in [0.05, 0.1) is 16.8 Å². The fourth-order valence-electron chi connectivity index (χ4n) is 3.00. The van der Waals surface area contributed by atoms with Crippen molar-refractivity contribution < 1.29 is 9.90 Å². The molecule has 0 aliphatic carbocycles. The van der Waals surface area contributed by atoms with Crippen LogP contribution in [0.15, 0.2) is 48.7 Å². The zero-order valence-corrected chi connectivity index (χ0v) is 16.4. The highest BCUT2D eigenvalue weighted by atomic mass is 35.5. The summed E-state index contributed by atoms with van der Waals surface area (Å²) in [5.74, 6) is -0.165. The number of halogens is 1. The lowest BCUT2D eigenvalue weighted by molar-refractivity contribution is 0.0819. The van der Waals surface area contributed by atoms with Crippen molar-refractivity contribution in [2.75, 3.05) is 27.7 Å². The van der Waals surface area contributed by atoms with Gasteiger partial charge in [0.1, 0.15) is 5.65 Å². The molecule has 1 unspecified atom stereocenters. The second-order valence-electron chi connectivity index (χ2n) is 6.81. The highest BCUT2D eigenvalue weighted by Crippen LogP contribution is 2.20. The molecule has 0 aliphatic heterocycles. The minimum absolute atomic E-state index is 0.165. The molecular formula is C20H23ClN4O2. The number of aliphatic hydroxyl groups excluding tert-OH is 1. The topological polar surface area (TPSA) is 61.1 Å². The Hall–Kier alpha value is -2.41. The van der Waals surface area contributed by atoms with Crippen LogP contribution < -0.4 is 0 Å². The summed E-state index contributed by atoms with van der Waals surface area (Å²) in [5.41, 5.74) is 2.66. The first-order valence-corrected chi connectivity index (χ1v) is 9.04. The summed E-state index contributed by atoms with van der Waals surface area (Å²) in [7, 11) is 5.30. The number of rotatable bonds is 6. The van der Waals surface area contributed by atoms with E-state index in [2.05, 4.69) is 4.98 Å². The number of amides is 1. The second kappa shape index (κ2) is 8.08. The molecule has 0 spiro atoms. The number of pyridine rings is 1. The van der Waals surface area contributed by atoms with Crippen LogP contribution in [0.25, 0.3) is 5.65 Å². The van der Waals surface area contributed by atoms with Crippen LogP contribution in [0.2, 0.25) is 5.02 Å². The summed E-state index contributed by atoms with van der Waals surface area (Å²) in [6, 6.07) is 13.1. The van der Waals surface area contributed by atoms with Gasteiger partial charge >= 0.3 is 0 Å². The monoisotopic (exact) mass is 386 g/mol. The molecule has 1 amide bonds. The van der Waals surface area contributed by atoms with Crippen molar-refractivity contribution in [3.63, 3.8) is 0 Å². The summed E-state index contributed by atoms with van der Waals surface area (Å²) in [6.07, 6.45) is 1.14. The average molecular weight is 387 g/mol. The number of hydrogen-bond donors (Lipinski definition) is 1. The van der Waals surface area contributed by atoms with E-state index in [4.69, 9.17) is 11.6 Å². The van der Waals surface area contributed by atoms with Crippen molar-refractivity contribution in [2.45, 2.75) is 12.6 Å². The van der Waals surface area contributed by atoms with Gasteiger partial charge in [0.15, 0.2) is 5.69 Å². The maximum absolute atomic E-state index is 12.6. The predicted molar refractivity (Wildman–Crippen MR) is 106 cm³/mol. The van der Waals surface area contributed by atoms with Gasteiger partial charge in [-0.25, -0.2) is 4.98 Å². The first-order chi connectivity index (χ1) is 12.9. The lowest BCUT2D eigenvalue weighted by atomic mass is 10.1. The molecule has 1 aromatic carbocycles. The highest BCUT2D eigenvalue weighted by molar-refractivity contribution is 6.30. The van der Waals surface area contributed by atoms with Crippen molar-refractivity contribution in [2.24, 2.45) is 0 Å². The Morgan fingerprint density at radius 1 is 1.19 bits per heavy atom. The number of imidazole rings is 1. The fourth-order valence-corrected chi connectivity index (χ4v) is 3.16. The van der Waals surface area contributed by atoms with E-state index in [1.54, 1.807) is 32.4 Å². The molecule has 3 rings (SSSR count). The Bertz CT molecular complexity index is 940. The van der Waals surface area contributed by atoms with E-state index < -0.39 is 6.10 Å². The zero-order valence-electron chi connectivity index (χ0n) is 15.6. The third-order valence-corrected chi connectivity index (χ3v) is 4.60. The van der Waals surface area contributed by atoms with Gasteiger partial charge in [0.25, 0.3) is 5.91 Å². The number of aliphatic hydroxyl groups is 1. The molecule has 3 aromatic rings. The Kier molecular flexibility index (Phi) is 5.79. The number of fused-ring (bicyclic) bond motifs is 1. The number of nitrogens with zero attached hydrogens (tertiary/aromatic N) is 4. The van der Waals surface area contributed by atoms with Crippen molar-refractivity contribution in [3.05, 3.63) is 70.6 Å². The number of aromatic nitrogens is 2. The zero-order chi connectivity index (χ0) is 19.6. The van der Waals surface area contributed by atoms with Crippen LogP contribution >= 0.6 is 11.6 Å². The molecule has 0 aliphatic rings. The molecule has 2 heterocycles. The third-order valence-electron chi connectivity index (χ3n) is 4.38. The van der Waals surface area contributed by atoms with E-state index in [1.807, 2.05) is 46.7 Å². The van der Waals surface area contributed by atoms with Gasteiger partial charge in [-0.1, -0.05) is 41.9 Å². The molecule has 2 aromatic heterocycles. The van der Waals surface area contributed by atoms with Gasteiger partial charge < -0.3 is 14.4 Å². The van der Waals surface area contributed by atoms with E-state index in [9.17, 15) is 9.90 Å². The van der Waals surface area contributed by atoms with E-state index in [1.165, 1.54) is 4.90 Å². The molecule has 142 valence electrons. The molecule has 0 fully saturated rings. The van der Waals surface area contributed by atoms with Crippen molar-refractivity contribution in [1.29, 1.82) is 0 Å². The fraction of sp³-hybridized carbons (Fsp3) is 0.300. The number of carbonyl (C=O) groups is 1. The Balaban J connectivity index is 1.89. The molecule has 0 bridgehead atoms. The number of likely N-dealkylation sites (N-methyl/N-ethyl adjacent to an activating group) is 1. The lowest BCUT2D eigenvalue weighted by Crippen LogP contribution is -2.28. The van der Waals surface area contributed by atoms with Crippen LogP contribution in [0.5, 0.6) is 0 Å². The van der Waals surface area contributed by atoms with Crippen molar-refractivity contribution in [1.82, 2.24) is 19.2 Å². The molecule has 27 heavy (non-hydrogen) atoms. The van der Waals surface area contributed by atoms with Crippen LogP contribution in [0.3, 0.4) is 0 Å². The minimum atomic E-state index is -0.619. The van der Waals surface area contributed by atoms with E-state index in [-0.39, 0.29) is 5.91 Å². The summed E-state index contributed by atoms with van der Waals surface area (Å²) < 4.78 is 1.84. The van der Waals surface area contributed by atoms with Crippen molar-refractivity contribution in [3.8, 4) is 0 Å². The van der Waals surface area contributed by atoms with Gasteiger partial charge in [-0.05, 0) is 24.7 Å². The summed E-state index contributed by atoms with van der Waals surface area (Å²) in [5, 5.41) is 11.0. The van der Waals surface area contributed by atoms with E-state index in [0.717, 1.165) is 11.3 Å². The molecule has 0 radical (unpaired) electrons. The summed E-state index contributed by atoms with van der Waals surface area (Å²) in [6.45, 7) is 0.869. The Morgan fingerprint density at radius 2 is 1.89 bits per heavy atom. The van der Waals surface area contributed by atoms with Crippen LogP contribution in [0, 0.1) is 0 Å². The average Bonchev–Trinajstić information content (AvgIpc) is 2.99. The molecular weight excluding hydrogens is 364 g/mol. The van der Waals surface area contributed by atoms with Gasteiger partial charge in [0, 0.05) is 33.4 Å². The first kappa shape index (κ1) is 19.4. The molecule has 1 N–H and O–H groups in total. The van der Waals surface area contributed by atoms with E-state index >= 15 is 0 Å². The van der Waals surface area contributed by atoms with Crippen LogP contribution in [-0.2, 0) is 6.54 Å². The minimum Gasteiger partial charge on any atom is -0.387 e. The summed E-state index contributed by atoms with van der Waals surface area (Å²) in [4.78, 5) is 20.6. The molecule has 1 atom stereocenters. The van der Waals surface area contributed by atoms with Crippen LogP contribution in [0.4, 0.5) is 0 Å². The maximum atomic E-state index is 12.6. The SMILES string of the molecule is CN(Cc1c(C(=O)N(C)C)nc2ccc(Cl)cn12)CC(O)c1ccccc1. The number of hydrogen-bond acceptors (Lipinski definition) is 4. The van der Waals surface area contributed by atoms with Gasteiger partial charge in [-0.15, -0.1) is 0 Å². The Labute approximate surface area is 163 Å². The largest absolute Gasteiger partial charge is 0.387 e. The standard InChI is InChI=1S/C20H23ClN4O2/c1-23(2)20(27)19-16(25-11-15(21)9-10-18(25)22-19)12-24(3)13-17(26)14-7-5-4-6-8-14/h4-11,17,26H,12-13H2,1-3H3. The third kappa shape index (κ3) is 4.30. The lowest BCUT2D eigenvalue weighted by Gasteiger charge is -2.21. The number of benzene rings is 1. The van der Waals surface area contributed by atoms with Crippen LogP contribution in [-0.4, -0.2) is 57.9 Å². The predicted octanol–water partition coefficient (Wildman–Crippen LogP) is 2.85. The second-order valence-corrected chi connectivity index (χ2v) is 7.24. The quantitative estimate of drug-likeness (QED) is 0.707. The van der Waals surface area contributed by atoms with Gasteiger partial charge in [-0.3, -0.25) is 9.69 Å².